The molecule has 1 aromatic heterocycles. The Balaban J connectivity index is 2.05. The molecule has 0 aromatic carbocycles. The lowest BCUT2D eigenvalue weighted by atomic mass is 9.96. The maximum absolute atomic E-state index is 12.6. The van der Waals surface area contributed by atoms with Crippen LogP contribution < -0.4 is 5.73 Å². The Morgan fingerprint density at radius 1 is 1.52 bits per heavy atom. The summed E-state index contributed by atoms with van der Waals surface area (Å²) in [6, 6.07) is -0.755. The van der Waals surface area contributed by atoms with Crippen molar-refractivity contribution in [2.45, 2.75) is 44.2 Å². The number of piperidine rings is 1. The van der Waals surface area contributed by atoms with Gasteiger partial charge in [-0.3, -0.25) is 14.3 Å². The van der Waals surface area contributed by atoms with Gasteiger partial charge in [0.2, 0.25) is 5.91 Å². The van der Waals surface area contributed by atoms with E-state index >= 15 is 0 Å². The number of likely N-dealkylation sites (tertiary alicyclic amines) is 1. The highest BCUT2D eigenvalue weighted by atomic mass is 16.4. The zero-order chi connectivity index (χ0) is 15.4. The molecule has 2 rings (SSSR count). The Kier molecular flexibility index (Phi) is 4.95. The maximum atomic E-state index is 12.6. The van der Waals surface area contributed by atoms with Crippen LogP contribution in [-0.4, -0.2) is 44.3 Å². The summed E-state index contributed by atoms with van der Waals surface area (Å²) in [4.78, 5) is 25.1. The first-order valence-electron chi connectivity index (χ1n) is 7.25. The highest BCUT2D eigenvalue weighted by molar-refractivity contribution is 5.83. The van der Waals surface area contributed by atoms with E-state index < -0.39 is 12.0 Å². The monoisotopic (exact) mass is 294 g/mol. The van der Waals surface area contributed by atoms with Gasteiger partial charge in [0.1, 0.15) is 6.04 Å². The summed E-state index contributed by atoms with van der Waals surface area (Å²) in [6.45, 7) is 0.650. The first-order valence-corrected chi connectivity index (χ1v) is 7.25. The Morgan fingerprint density at radius 3 is 2.90 bits per heavy atom. The van der Waals surface area contributed by atoms with Crippen molar-refractivity contribution in [3.8, 4) is 0 Å². The summed E-state index contributed by atoms with van der Waals surface area (Å²) < 4.78 is 1.61. The topological polar surface area (TPSA) is 101 Å². The number of amides is 1. The van der Waals surface area contributed by atoms with Crippen LogP contribution in [-0.2, 0) is 16.6 Å². The van der Waals surface area contributed by atoms with E-state index in [0.717, 1.165) is 19.3 Å². The third-order valence-electron chi connectivity index (χ3n) is 3.95. The van der Waals surface area contributed by atoms with Crippen molar-refractivity contribution in [2.24, 2.45) is 12.8 Å². The number of carboxylic acids is 1. The highest BCUT2D eigenvalue weighted by Gasteiger charge is 2.31. The molecule has 2 unspecified atom stereocenters. The van der Waals surface area contributed by atoms with Crippen molar-refractivity contribution < 1.29 is 14.7 Å². The van der Waals surface area contributed by atoms with Crippen LogP contribution >= 0.6 is 0 Å². The molecule has 0 bridgehead atoms. The quantitative estimate of drug-likeness (QED) is 0.831. The number of carbonyl (C=O) groups excluding carboxylic acids is 1. The molecular formula is C14H22N4O3. The number of aromatic nitrogens is 2. The Labute approximate surface area is 123 Å². The van der Waals surface area contributed by atoms with Gasteiger partial charge in [-0.1, -0.05) is 0 Å². The molecule has 2 atom stereocenters. The molecule has 1 fully saturated rings. The predicted molar refractivity (Wildman–Crippen MR) is 76.4 cm³/mol. The molecule has 1 amide bonds. The zero-order valence-corrected chi connectivity index (χ0v) is 12.2. The van der Waals surface area contributed by atoms with Gasteiger partial charge in [-0.15, -0.1) is 0 Å². The number of aliphatic carboxylic acids is 1. The molecule has 3 N–H and O–H groups in total. The van der Waals surface area contributed by atoms with Gasteiger partial charge in [-0.2, -0.15) is 5.10 Å². The van der Waals surface area contributed by atoms with E-state index in [9.17, 15) is 9.59 Å². The summed E-state index contributed by atoms with van der Waals surface area (Å²) >= 11 is 0. The van der Waals surface area contributed by atoms with Crippen molar-refractivity contribution in [1.29, 1.82) is 0 Å². The lowest BCUT2D eigenvalue weighted by Crippen LogP contribution is -2.47. The molecule has 116 valence electrons. The normalized spacial score (nSPS) is 20.3. The fourth-order valence-corrected chi connectivity index (χ4v) is 2.80. The summed E-state index contributed by atoms with van der Waals surface area (Å²) in [7, 11) is 1.78. The predicted octanol–water partition coefficient (Wildman–Crippen LogP) is 0.666. The van der Waals surface area contributed by atoms with Gasteiger partial charge in [0.25, 0.3) is 0 Å². The molecule has 1 aliphatic heterocycles. The molecule has 0 radical (unpaired) electrons. The van der Waals surface area contributed by atoms with Crippen molar-refractivity contribution in [2.75, 3.05) is 6.54 Å². The Morgan fingerprint density at radius 2 is 2.29 bits per heavy atom. The number of nitrogens with two attached hydrogens (primary N) is 1. The lowest BCUT2D eigenvalue weighted by molar-refractivity contribution is -0.140. The standard InChI is InChI=1S/C14H22N4O3/c1-17-9-10(8-16-17)13(15)14(21)18-7-3-2-4-11(18)5-6-12(19)20/h8-9,11,13H,2-7,15H2,1H3,(H,19,20). The molecule has 0 spiro atoms. The van der Waals surface area contributed by atoms with Crippen LogP contribution in [0.1, 0.15) is 43.7 Å². The highest BCUT2D eigenvalue weighted by Crippen LogP contribution is 2.24. The van der Waals surface area contributed by atoms with Gasteiger partial charge in [0.05, 0.1) is 6.20 Å². The van der Waals surface area contributed by atoms with Crippen LogP contribution in [0.25, 0.3) is 0 Å². The van der Waals surface area contributed by atoms with Crippen LogP contribution in [0.5, 0.6) is 0 Å². The number of hydrogen-bond donors (Lipinski definition) is 2. The summed E-state index contributed by atoms with van der Waals surface area (Å²) in [6.07, 6.45) is 6.71. The second kappa shape index (κ2) is 6.71. The smallest absolute Gasteiger partial charge is 0.303 e. The molecule has 1 aliphatic rings. The van der Waals surface area contributed by atoms with Gasteiger partial charge in [-0.25, -0.2) is 0 Å². The molecule has 21 heavy (non-hydrogen) atoms. The molecule has 2 heterocycles. The number of carboxylic acid groups (broad SMARTS) is 1. The van der Waals surface area contributed by atoms with Gasteiger partial charge in [0, 0.05) is 37.8 Å². The third-order valence-corrected chi connectivity index (χ3v) is 3.95. The number of nitrogens with zero attached hydrogens (tertiary/aromatic N) is 3. The zero-order valence-electron chi connectivity index (χ0n) is 12.2. The summed E-state index contributed by atoms with van der Waals surface area (Å²) in [5, 5.41) is 12.9. The van der Waals surface area contributed by atoms with Crippen LogP contribution in [0.4, 0.5) is 0 Å². The van der Waals surface area contributed by atoms with Gasteiger partial charge in [-0.05, 0) is 25.7 Å². The second-order valence-corrected chi connectivity index (χ2v) is 5.54. The van der Waals surface area contributed by atoms with Crippen molar-refractivity contribution in [3.05, 3.63) is 18.0 Å². The largest absolute Gasteiger partial charge is 0.481 e. The van der Waals surface area contributed by atoms with Crippen molar-refractivity contribution >= 4 is 11.9 Å². The van der Waals surface area contributed by atoms with Gasteiger partial charge < -0.3 is 15.7 Å². The fourth-order valence-electron chi connectivity index (χ4n) is 2.80. The molecule has 1 aromatic rings. The minimum atomic E-state index is -0.829. The number of aryl methyl sites for hydroxylation is 1. The van der Waals surface area contributed by atoms with E-state index in [2.05, 4.69) is 5.10 Å². The minimum absolute atomic E-state index is 0.0231. The summed E-state index contributed by atoms with van der Waals surface area (Å²) in [5.41, 5.74) is 6.73. The molecule has 7 heteroatoms. The minimum Gasteiger partial charge on any atom is -0.481 e. The summed E-state index contributed by atoms with van der Waals surface area (Å²) in [5.74, 6) is -0.970. The van der Waals surface area contributed by atoms with E-state index in [1.165, 1.54) is 0 Å². The van der Waals surface area contributed by atoms with E-state index in [1.54, 1.807) is 29.0 Å². The second-order valence-electron chi connectivity index (χ2n) is 5.54. The van der Waals surface area contributed by atoms with Gasteiger partial charge in [0.15, 0.2) is 0 Å². The SMILES string of the molecule is Cn1cc(C(N)C(=O)N2CCCCC2CCC(=O)O)cn1. The van der Waals surface area contributed by atoms with Crippen molar-refractivity contribution in [3.63, 3.8) is 0 Å². The molecular weight excluding hydrogens is 272 g/mol. The maximum Gasteiger partial charge on any atom is 0.303 e. The average Bonchev–Trinajstić information content (AvgIpc) is 2.90. The van der Waals surface area contributed by atoms with Crippen molar-refractivity contribution in [1.82, 2.24) is 14.7 Å². The van der Waals surface area contributed by atoms with Crippen LogP contribution in [0, 0.1) is 0 Å². The number of carbonyl (C=O) groups is 2. The fraction of sp³-hybridized carbons (Fsp3) is 0.643. The number of rotatable bonds is 5. The van der Waals surface area contributed by atoms with E-state index in [4.69, 9.17) is 10.8 Å². The average molecular weight is 294 g/mol. The molecule has 1 saturated heterocycles. The Hall–Kier alpha value is -1.89. The van der Waals surface area contributed by atoms with E-state index in [-0.39, 0.29) is 18.4 Å². The van der Waals surface area contributed by atoms with Gasteiger partial charge >= 0.3 is 5.97 Å². The van der Waals surface area contributed by atoms with Crippen LogP contribution in [0.3, 0.4) is 0 Å². The third kappa shape index (κ3) is 3.81. The van der Waals surface area contributed by atoms with Crippen LogP contribution in [0.2, 0.25) is 0 Å². The van der Waals surface area contributed by atoms with Crippen LogP contribution in [0.15, 0.2) is 12.4 Å². The Bertz CT molecular complexity index is 514. The lowest BCUT2D eigenvalue weighted by Gasteiger charge is -2.37. The molecule has 0 saturated carbocycles. The first-order chi connectivity index (χ1) is 9.99. The number of hydrogen-bond acceptors (Lipinski definition) is 4. The molecule has 7 nitrogen and oxygen atoms in total. The molecule has 0 aliphatic carbocycles. The van der Waals surface area contributed by atoms with E-state index in [0.29, 0.717) is 18.5 Å². The van der Waals surface area contributed by atoms with E-state index in [1.807, 2.05) is 0 Å². The first kappa shape index (κ1) is 15.5.